The Labute approximate surface area is 122 Å². The Kier molecular flexibility index (Phi) is 5.14. The maximum absolute atomic E-state index is 6.04. The lowest BCUT2D eigenvalue weighted by atomic mass is 10.1. The van der Waals surface area contributed by atoms with Crippen LogP contribution in [0, 0.1) is 0 Å². The highest BCUT2D eigenvalue weighted by molar-refractivity contribution is 7.99. The van der Waals surface area contributed by atoms with Gasteiger partial charge in [-0.3, -0.25) is 0 Å². The second-order valence-electron chi connectivity index (χ2n) is 4.04. The molecular formula is C15H16ClNOS. The first-order chi connectivity index (χ1) is 9.24. The van der Waals surface area contributed by atoms with Crippen LogP contribution in [0.5, 0.6) is 5.75 Å². The highest BCUT2D eigenvalue weighted by Gasteiger charge is 2.08. The van der Waals surface area contributed by atoms with E-state index in [0.29, 0.717) is 6.54 Å². The van der Waals surface area contributed by atoms with Crippen molar-refractivity contribution in [3.8, 4) is 5.75 Å². The number of halogens is 1. The van der Waals surface area contributed by atoms with E-state index in [1.807, 2.05) is 42.5 Å². The minimum absolute atomic E-state index is 0.611. The van der Waals surface area contributed by atoms with Gasteiger partial charge in [0.15, 0.2) is 0 Å². The Balaban J connectivity index is 2.32. The fourth-order valence-electron chi connectivity index (χ4n) is 1.82. The number of rotatable bonds is 5. The maximum Gasteiger partial charge on any atom is 0.132 e. The average molecular weight is 294 g/mol. The number of methoxy groups -OCH3 is 1. The smallest absolute Gasteiger partial charge is 0.132 e. The zero-order valence-electron chi connectivity index (χ0n) is 10.7. The lowest BCUT2D eigenvalue weighted by molar-refractivity contribution is 0.405. The van der Waals surface area contributed by atoms with Crippen molar-refractivity contribution >= 4 is 23.4 Å². The lowest BCUT2D eigenvalue weighted by Crippen LogP contribution is -2.03. The molecule has 4 heteroatoms. The van der Waals surface area contributed by atoms with Crippen LogP contribution in [0.3, 0.4) is 0 Å². The summed E-state index contributed by atoms with van der Waals surface area (Å²) >= 11 is 7.71. The van der Waals surface area contributed by atoms with Crippen LogP contribution in [0.1, 0.15) is 5.56 Å². The van der Waals surface area contributed by atoms with Crippen molar-refractivity contribution in [1.29, 1.82) is 0 Å². The number of para-hydroxylation sites is 1. The van der Waals surface area contributed by atoms with Gasteiger partial charge in [-0.15, -0.1) is 0 Å². The van der Waals surface area contributed by atoms with Gasteiger partial charge in [0.05, 0.1) is 12.0 Å². The van der Waals surface area contributed by atoms with Gasteiger partial charge in [0.25, 0.3) is 0 Å². The van der Waals surface area contributed by atoms with Crippen molar-refractivity contribution in [2.24, 2.45) is 5.73 Å². The van der Waals surface area contributed by atoms with Crippen LogP contribution < -0.4 is 10.5 Å². The monoisotopic (exact) mass is 293 g/mol. The SMILES string of the molecule is COc1ccccc1Sc1ccc(Cl)cc1CCN. The second kappa shape index (κ2) is 6.85. The van der Waals surface area contributed by atoms with Crippen molar-refractivity contribution in [3.63, 3.8) is 0 Å². The number of nitrogens with two attached hydrogens (primary N) is 1. The lowest BCUT2D eigenvalue weighted by Gasteiger charge is -2.11. The first-order valence-electron chi connectivity index (χ1n) is 6.04. The van der Waals surface area contributed by atoms with E-state index in [2.05, 4.69) is 0 Å². The van der Waals surface area contributed by atoms with Crippen LogP contribution in [0.25, 0.3) is 0 Å². The Bertz CT molecular complexity index is 560. The largest absolute Gasteiger partial charge is 0.496 e. The third kappa shape index (κ3) is 3.66. The van der Waals surface area contributed by atoms with E-state index in [4.69, 9.17) is 22.1 Å². The van der Waals surface area contributed by atoms with Crippen molar-refractivity contribution in [2.75, 3.05) is 13.7 Å². The van der Waals surface area contributed by atoms with E-state index in [-0.39, 0.29) is 0 Å². The summed E-state index contributed by atoms with van der Waals surface area (Å²) in [6.07, 6.45) is 0.818. The Morgan fingerprint density at radius 2 is 1.95 bits per heavy atom. The van der Waals surface area contributed by atoms with E-state index < -0.39 is 0 Å². The summed E-state index contributed by atoms with van der Waals surface area (Å²) in [7, 11) is 1.68. The standard InChI is InChI=1S/C15H16ClNOS/c1-18-13-4-2-3-5-15(13)19-14-7-6-12(16)10-11(14)8-9-17/h2-7,10H,8-9,17H2,1H3. The summed E-state index contributed by atoms with van der Waals surface area (Å²) in [6, 6.07) is 13.9. The molecule has 0 bridgehead atoms. The van der Waals surface area contributed by atoms with E-state index in [1.165, 1.54) is 10.5 Å². The van der Waals surface area contributed by atoms with Crippen molar-refractivity contribution in [3.05, 3.63) is 53.1 Å². The Hall–Kier alpha value is -1.16. The molecule has 0 aromatic heterocycles. The number of benzene rings is 2. The molecule has 0 heterocycles. The maximum atomic E-state index is 6.04. The van der Waals surface area contributed by atoms with Crippen LogP contribution in [0.4, 0.5) is 0 Å². The molecule has 0 aliphatic heterocycles. The average Bonchev–Trinajstić information content (AvgIpc) is 2.43. The van der Waals surface area contributed by atoms with Crippen molar-refractivity contribution in [1.82, 2.24) is 0 Å². The van der Waals surface area contributed by atoms with Crippen molar-refractivity contribution in [2.45, 2.75) is 16.2 Å². The highest BCUT2D eigenvalue weighted by atomic mass is 35.5. The van der Waals surface area contributed by atoms with Gasteiger partial charge in [-0.25, -0.2) is 0 Å². The Morgan fingerprint density at radius 1 is 1.16 bits per heavy atom. The summed E-state index contributed by atoms with van der Waals surface area (Å²) in [5.41, 5.74) is 6.82. The molecule has 2 rings (SSSR count). The molecule has 0 spiro atoms. The van der Waals surface area contributed by atoms with Gasteiger partial charge in [0, 0.05) is 9.92 Å². The molecule has 19 heavy (non-hydrogen) atoms. The molecule has 2 N–H and O–H groups in total. The van der Waals surface area contributed by atoms with Crippen LogP contribution in [0.15, 0.2) is 52.3 Å². The van der Waals surface area contributed by atoms with Crippen LogP contribution in [-0.2, 0) is 6.42 Å². The minimum atomic E-state index is 0.611. The van der Waals surface area contributed by atoms with Crippen LogP contribution >= 0.6 is 23.4 Å². The number of hydrogen-bond acceptors (Lipinski definition) is 3. The molecule has 0 aliphatic rings. The molecule has 0 amide bonds. The summed E-state index contributed by atoms with van der Waals surface area (Å²) in [4.78, 5) is 2.25. The Morgan fingerprint density at radius 3 is 2.68 bits per heavy atom. The molecule has 0 radical (unpaired) electrons. The molecule has 0 atom stereocenters. The molecule has 0 aliphatic carbocycles. The predicted octanol–water partition coefficient (Wildman–Crippen LogP) is 4.00. The zero-order valence-corrected chi connectivity index (χ0v) is 12.3. The van der Waals surface area contributed by atoms with Gasteiger partial charge in [0.1, 0.15) is 5.75 Å². The van der Waals surface area contributed by atoms with Crippen LogP contribution in [0.2, 0.25) is 5.02 Å². The molecule has 100 valence electrons. The molecule has 0 unspecified atom stereocenters. The van der Waals surface area contributed by atoms with Gasteiger partial charge in [-0.1, -0.05) is 35.5 Å². The fraction of sp³-hybridized carbons (Fsp3) is 0.200. The van der Waals surface area contributed by atoms with Gasteiger partial charge in [-0.05, 0) is 48.9 Å². The van der Waals surface area contributed by atoms with Crippen molar-refractivity contribution < 1.29 is 4.74 Å². The normalized spacial score (nSPS) is 10.5. The van der Waals surface area contributed by atoms with Gasteiger partial charge < -0.3 is 10.5 Å². The number of ether oxygens (including phenoxy) is 1. The number of hydrogen-bond donors (Lipinski definition) is 1. The third-order valence-corrected chi connectivity index (χ3v) is 4.14. The third-order valence-electron chi connectivity index (χ3n) is 2.73. The molecule has 2 nitrogen and oxygen atoms in total. The first kappa shape index (κ1) is 14.3. The van der Waals surface area contributed by atoms with Gasteiger partial charge >= 0.3 is 0 Å². The second-order valence-corrected chi connectivity index (χ2v) is 5.56. The summed E-state index contributed by atoms with van der Waals surface area (Å²) < 4.78 is 5.37. The summed E-state index contributed by atoms with van der Waals surface area (Å²) in [5, 5.41) is 0.743. The van der Waals surface area contributed by atoms with Gasteiger partial charge in [-0.2, -0.15) is 0 Å². The molecular weight excluding hydrogens is 278 g/mol. The molecule has 0 saturated carbocycles. The highest BCUT2D eigenvalue weighted by Crippen LogP contribution is 2.37. The van der Waals surface area contributed by atoms with Gasteiger partial charge in [0.2, 0.25) is 0 Å². The van der Waals surface area contributed by atoms with E-state index in [1.54, 1.807) is 18.9 Å². The topological polar surface area (TPSA) is 35.2 Å². The quantitative estimate of drug-likeness (QED) is 0.905. The fourth-order valence-corrected chi connectivity index (χ4v) is 3.08. The molecule has 0 saturated heterocycles. The first-order valence-corrected chi connectivity index (χ1v) is 7.23. The zero-order chi connectivity index (χ0) is 13.7. The molecule has 0 fully saturated rings. The molecule has 2 aromatic carbocycles. The van der Waals surface area contributed by atoms with E-state index in [9.17, 15) is 0 Å². The molecule has 2 aromatic rings. The summed E-state index contributed by atoms with van der Waals surface area (Å²) in [6.45, 7) is 0.611. The minimum Gasteiger partial charge on any atom is -0.496 e. The summed E-state index contributed by atoms with van der Waals surface area (Å²) in [5.74, 6) is 0.876. The van der Waals surface area contributed by atoms with E-state index >= 15 is 0 Å². The van der Waals surface area contributed by atoms with E-state index in [0.717, 1.165) is 22.1 Å². The predicted molar refractivity (Wildman–Crippen MR) is 81.3 cm³/mol. The van der Waals surface area contributed by atoms with Crippen LogP contribution in [-0.4, -0.2) is 13.7 Å².